The van der Waals surface area contributed by atoms with Crippen LogP contribution >= 0.6 is 0 Å². The molecule has 100 valence electrons. The van der Waals surface area contributed by atoms with Crippen LogP contribution in [-0.2, 0) is 6.54 Å². The molecule has 0 unspecified atom stereocenters. The van der Waals surface area contributed by atoms with Crippen molar-refractivity contribution in [2.75, 3.05) is 12.8 Å². The second-order valence-corrected chi connectivity index (χ2v) is 4.55. The molecule has 0 aliphatic carbocycles. The van der Waals surface area contributed by atoms with Gasteiger partial charge < -0.3 is 15.1 Å². The molecular weight excluding hydrogens is 242 g/mol. The van der Waals surface area contributed by atoms with E-state index in [1.54, 1.807) is 25.8 Å². The lowest BCUT2D eigenvalue weighted by molar-refractivity contribution is 0.0751. The standard InChI is InChI=1S/C14H17N3O2/c1-9-13(19-10(2)16-9)14(18)17(3)8-11-5-4-6-12(15)7-11/h4-7H,8,15H2,1-3H3. The second kappa shape index (κ2) is 5.14. The van der Waals surface area contributed by atoms with E-state index in [0.29, 0.717) is 29.6 Å². The topological polar surface area (TPSA) is 72.4 Å². The Kier molecular flexibility index (Phi) is 3.55. The van der Waals surface area contributed by atoms with Crippen LogP contribution in [0.3, 0.4) is 0 Å². The van der Waals surface area contributed by atoms with Gasteiger partial charge in [0.25, 0.3) is 5.91 Å². The summed E-state index contributed by atoms with van der Waals surface area (Å²) in [5.41, 5.74) is 7.99. The normalized spacial score (nSPS) is 10.5. The molecule has 0 radical (unpaired) electrons. The highest BCUT2D eigenvalue weighted by atomic mass is 16.4. The molecule has 0 spiro atoms. The maximum Gasteiger partial charge on any atom is 0.291 e. The van der Waals surface area contributed by atoms with Gasteiger partial charge in [0.05, 0.1) is 5.69 Å². The lowest BCUT2D eigenvalue weighted by atomic mass is 10.2. The van der Waals surface area contributed by atoms with E-state index in [4.69, 9.17) is 10.2 Å². The Morgan fingerprint density at radius 1 is 1.42 bits per heavy atom. The van der Waals surface area contributed by atoms with Crippen molar-refractivity contribution >= 4 is 11.6 Å². The highest BCUT2D eigenvalue weighted by molar-refractivity contribution is 5.92. The van der Waals surface area contributed by atoms with Crippen LogP contribution in [0.4, 0.5) is 5.69 Å². The summed E-state index contributed by atoms with van der Waals surface area (Å²) in [6, 6.07) is 7.46. The number of hydrogen-bond acceptors (Lipinski definition) is 4. The van der Waals surface area contributed by atoms with Crippen LogP contribution in [0.25, 0.3) is 0 Å². The minimum atomic E-state index is -0.180. The SMILES string of the molecule is Cc1nc(C)c(C(=O)N(C)Cc2cccc(N)c2)o1. The Labute approximate surface area is 112 Å². The molecule has 2 rings (SSSR count). The number of nitrogens with two attached hydrogens (primary N) is 1. The minimum Gasteiger partial charge on any atom is -0.436 e. The van der Waals surface area contributed by atoms with Crippen LogP contribution in [0.2, 0.25) is 0 Å². The van der Waals surface area contributed by atoms with E-state index in [1.807, 2.05) is 24.3 Å². The van der Waals surface area contributed by atoms with E-state index >= 15 is 0 Å². The maximum absolute atomic E-state index is 12.2. The maximum atomic E-state index is 12.2. The number of anilines is 1. The van der Waals surface area contributed by atoms with Crippen molar-refractivity contribution in [3.8, 4) is 0 Å². The highest BCUT2D eigenvalue weighted by Crippen LogP contribution is 2.14. The van der Waals surface area contributed by atoms with Crippen LogP contribution < -0.4 is 5.73 Å². The molecule has 5 heteroatoms. The van der Waals surface area contributed by atoms with Crippen molar-refractivity contribution in [1.82, 2.24) is 9.88 Å². The number of rotatable bonds is 3. The summed E-state index contributed by atoms with van der Waals surface area (Å²) < 4.78 is 5.33. The fourth-order valence-electron chi connectivity index (χ4n) is 1.94. The predicted molar refractivity (Wildman–Crippen MR) is 72.6 cm³/mol. The quantitative estimate of drug-likeness (QED) is 0.857. The van der Waals surface area contributed by atoms with Gasteiger partial charge in [-0.1, -0.05) is 12.1 Å². The molecule has 0 bridgehead atoms. The van der Waals surface area contributed by atoms with E-state index in [-0.39, 0.29) is 5.91 Å². The molecule has 0 atom stereocenters. The van der Waals surface area contributed by atoms with E-state index in [9.17, 15) is 4.79 Å². The zero-order valence-corrected chi connectivity index (χ0v) is 11.3. The Hall–Kier alpha value is -2.30. The first-order chi connectivity index (χ1) is 8.97. The zero-order chi connectivity index (χ0) is 14.0. The number of hydrogen-bond donors (Lipinski definition) is 1. The third-order valence-corrected chi connectivity index (χ3v) is 2.82. The fraction of sp³-hybridized carbons (Fsp3) is 0.286. The van der Waals surface area contributed by atoms with Gasteiger partial charge in [-0.15, -0.1) is 0 Å². The third kappa shape index (κ3) is 2.93. The van der Waals surface area contributed by atoms with Crippen molar-refractivity contribution in [1.29, 1.82) is 0 Å². The molecule has 1 heterocycles. The summed E-state index contributed by atoms with van der Waals surface area (Å²) in [6.07, 6.45) is 0. The lowest BCUT2D eigenvalue weighted by Crippen LogP contribution is -2.26. The molecule has 2 N–H and O–H groups in total. The smallest absolute Gasteiger partial charge is 0.291 e. The number of aryl methyl sites for hydroxylation is 2. The van der Waals surface area contributed by atoms with Crippen LogP contribution in [0.15, 0.2) is 28.7 Å². The van der Waals surface area contributed by atoms with Crippen LogP contribution in [0.5, 0.6) is 0 Å². The van der Waals surface area contributed by atoms with Gasteiger partial charge in [-0.25, -0.2) is 4.98 Å². The molecule has 0 saturated carbocycles. The van der Waals surface area contributed by atoms with Crippen molar-refractivity contribution in [3.05, 3.63) is 47.2 Å². The summed E-state index contributed by atoms with van der Waals surface area (Å²) in [5.74, 6) is 0.614. The number of nitrogen functional groups attached to an aromatic ring is 1. The molecule has 5 nitrogen and oxygen atoms in total. The Morgan fingerprint density at radius 3 is 2.74 bits per heavy atom. The lowest BCUT2D eigenvalue weighted by Gasteiger charge is -2.16. The average Bonchev–Trinajstić information content (AvgIpc) is 2.67. The van der Waals surface area contributed by atoms with Gasteiger partial charge in [-0.3, -0.25) is 4.79 Å². The monoisotopic (exact) mass is 259 g/mol. The number of nitrogens with zero attached hydrogens (tertiary/aromatic N) is 2. The second-order valence-electron chi connectivity index (χ2n) is 4.55. The first kappa shape index (κ1) is 13.1. The number of amides is 1. The van der Waals surface area contributed by atoms with Crippen molar-refractivity contribution < 1.29 is 9.21 Å². The van der Waals surface area contributed by atoms with Crippen LogP contribution in [-0.4, -0.2) is 22.8 Å². The molecule has 2 aromatic rings. The zero-order valence-electron chi connectivity index (χ0n) is 11.3. The van der Waals surface area contributed by atoms with Gasteiger partial charge in [-0.05, 0) is 24.6 Å². The number of carbonyl (C=O) groups is 1. The van der Waals surface area contributed by atoms with E-state index < -0.39 is 0 Å². The molecule has 1 aromatic heterocycles. The Balaban J connectivity index is 2.14. The van der Waals surface area contributed by atoms with Crippen molar-refractivity contribution in [3.63, 3.8) is 0 Å². The van der Waals surface area contributed by atoms with Gasteiger partial charge in [0.15, 0.2) is 5.89 Å². The van der Waals surface area contributed by atoms with Gasteiger partial charge in [0.1, 0.15) is 0 Å². The van der Waals surface area contributed by atoms with Gasteiger partial charge in [0, 0.05) is 26.2 Å². The predicted octanol–water partition coefficient (Wildman–Crippen LogP) is 2.15. The van der Waals surface area contributed by atoms with Gasteiger partial charge >= 0.3 is 0 Å². The molecule has 19 heavy (non-hydrogen) atoms. The Morgan fingerprint density at radius 2 is 2.16 bits per heavy atom. The van der Waals surface area contributed by atoms with E-state index in [1.165, 1.54) is 0 Å². The number of oxazole rings is 1. The summed E-state index contributed by atoms with van der Waals surface area (Å²) in [6.45, 7) is 3.96. The molecule has 0 aliphatic heterocycles. The van der Waals surface area contributed by atoms with Crippen molar-refractivity contribution in [2.45, 2.75) is 20.4 Å². The first-order valence-corrected chi connectivity index (χ1v) is 6.01. The van der Waals surface area contributed by atoms with Crippen LogP contribution in [0, 0.1) is 13.8 Å². The molecule has 0 fully saturated rings. The fourth-order valence-corrected chi connectivity index (χ4v) is 1.94. The third-order valence-electron chi connectivity index (χ3n) is 2.82. The molecule has 0 aliphatic rings. The van der Waals surface area contributed by atoms with Crippen molar-refractivity contribution in [2.24, 2.45) is 0 Å². The summed E-state index contributed by atoms with van der Waals surface area (Å²) in [4.78, 5) is 17.9. The summed E-state index contributed by atoms with van der Waals surface area (Å²) in [5, 5.41) is 0. The molecule has 1 aromatic carbocycles. The van der Waals surface area contributed by atoms with Gasteiger partial charge in [0.2, 0.25) is 5.76 Å². The van der Waals surface area contributed by atoms with E-state index in [0.717, 1.165) is 5.56 Å². The van der Waals surface area contributed by atoms with Crippen LogP contribution in [0.1, 0.15) is 27.7 Å². The van der Waals surface area contributed by atoms with E-state index in [2.05, 4.69) is 4.98 Å². The average molecular weight is 259 g/mol. The highest BCUT2D eigenvalue weighted by Gasteiger charge is 2.19. The van der Waals surface area contributed by atoms with Gasteiger partial charge in [-0.2, -0.15) is 0 Å². The number of benzene rings is 1. The number of aromatic nitrogens is 1. The molecule has 1 amide bonds. The first-order valence-electron chi connectivity index (χ1n) is 6.01. The molecule has 0 saturated heterocycles. The largest absolute Gasteiger partial charge is 0.436 e. The summed E-state index contributed by atoms with van der Waals surface area (Å²) >= 11 is 0. The summed E-state index contributed by atoms with van der Waals surface area (Å²) in [7, 11) is 1.73. The minimum absolute atomic E-state index is 0.180. The molecular formula is C14H17N3O2. The number of carbonyl (C=O) groups excluding carboxylic acids is 1. The Bertz CT molecular complexity index is 604.